The Hall–Kier alpha value is -1.33. The summed E-state index contributed by atoms with van der Waals surface area (Å²) in [4.78, 5) is 0. The molecule has 1 unspecified atom stereocenters. The van der Waals surface area contributed by atoms with Crippen LogP contribution in [-0.2, 0) is 0 Å². The van der Waals surface area contributed by atoms with Crippen LogP contribution in [0.5, 0.6) is 0 Å². The fraction of sp³-hybridized carbons (Fsp3) is 0.143. The Bertz CT molecular complexity index is 628. The fourth-order valence-electron chi connectivity index (χ4n) is 1.85. The maximum Gasteiger partial charge on any atom is 0.137 e. The van der Waals surface area contributed by atoms with Gasteiger partial charge in [-0.05, 0) is 46.1 Å². The van der Waals surface area contributed by atoms with E-state index in [2.05, 4.69) is 15.9 Å². The van der Waals surface area contributed by atoms with Crippen molar-refractivity contribution in [1.29, 1.82) is 0 Å². The minimum absolute atomic E-state index is 0.130. The van der Waals surface area contributed by atoms with Gasteiger partial charge in [-0.25, -0.2) is 13.2 Å². The van der Waals surface area contributed by atoms with Crippen LogP contribution >= 0.6 is 15.9 Å². The van der Waals surface area contributed by atoms with Gasteiger partial charge in [0, 0.05) is 11.6 Å². The number of hydrogen-bond donors (Lipinski definition) is 1. The van der Waals surface area contributed by atoms with E-state index < -0.39 is 23.5 Å². The van der Waals surface area contributed by atoms with E-state index in [-0.39, 0.29) is 10.0 Å². The van der Waals surface area contributed by atoms with Crippen LogP contribution in [0.2, 0.25) is 0 Å². The van der Waals surface area contributed by atoms with E-state index in [1.54, 1.807) is 6.07 Å². The van der Waals surface area contributed by atoms with Crippen molar-refractivity contribution in [3.8, 4) is 0 Å². The van der Waals surface area contributed by atoms with E-state index in [4.69, 9.17) is 5.73 Å². The zero-order valence-corrected chi connectivity index (χ0v) is 11.6. The Morgan fingerprint density at radius 2 is 1.68 bits per heavy atom. The first kappa shape index (κ1) is 14.1. The highest BCUT2D eigenvalue weighted by Gasteiger charge is 2.19. The second-order valence-electron chi connectivity index (χ2n) is 4.24. The minimum Gasteiger partial charge on any atom is -0.320 e. The topological polar surface area (TPSA) is 26.0 Å². The zero-order valence-electron chi connectivity index (χ0n) is 10.1. The summed E-state index contributed by atoms with van der Waals surface area (Å²) in [7, 11) is 0. The third-order valence-corrected chi connectivity index (χ3v) is 3.77. The number of hydrogen-bond acceptors (Lipinski definition) is 1. The van der Waals surface area contributed by atoms with Crippen LogP contribution in [0.15, 0.2) is 34.8 Å². The lowest BCUT2D eigenvalue weighted by molar-refractivity contribution is 0.559. The second-order valence-corrected chi connectivity index (χ2v) is 5.04. The molecule has 100 valence electrons. The minimum atomic E-state index is -0.871. The molecule has 0 heterocycles. The summed E-state index contributed by atoms with van der Waals surface area (Å²) in [5.74, 6) is -1.86. The SMILES string of the molecule is Cc1cc(C(N)c2cccc(F)c2Br)c(F)cc1F. The van der Waals surface area contributed by atoms with Gasteiger partial charge in [0.2, 0.25) is 0 Å². The van der Waals surface area contributed by atoms with Gasteiger partial charge in [-0.2, -0.15) is 0 Å². The molecule has 1 nitrogen and oxygen atoms in total. The maximum absolute atomic E-state index is 13.8. The molecule has 0 aromatic heterocycles. The third kappa shape index (κ3) is 2.67. The Balaban J connectivity index is 2.53. The third-order valence-electron chi connectivity index (χ3n) is 2.93. The van der Waals surface area contributed by atoms with Gasteiger partial charge in [-0.1, -0.05) is 12.1 Å². The van der Waals surface area contributed by atoms with Crippen molar-refractivity contribution >= 4 is 15.9 Å². The first-order valence-corrected chi connectivity index (χ1v) is 6.36. The standard InChI is InChI=1S/C14H11BrF3N/c1-7-5-9(12(18)6-11(7)17)14(19)8-3-2-4-10(16)13(8)15/h2-6,14H,19H2,1H3. The molecule has 0 saturated heterocycles. The predicted molar refractivity (Wildman–Crippen MR) is 71.2 cm³/mol. The summed E-state index contributed by atoms with van der Waals surface area (Å²) >= 11 is 3.08. The first-order valence-electron chi connectivity index (χ1n) is 5.57. The summed E-state index contributed by atoms with van der Waals surface area (Å²) in [6.07, 6.45) is 0. The maximum atomic E-state index is 13.8. The lowest BCUT2D eigenvalue weighted by Gasteiger charge is -2.16. The van der Waals surface area contributed by atoms with Gasteiger partial charge in [0.1, 0.15) is 17.5 Å². The van der Waals surface area contributed by atoms with Crippen LogP contribution in [-0.4, -0.2) is 0 Å². The zero-order chi connectivity index (χ0) is 14.2. The van der Waals surface area contributed by atoms with E-state index in [1.165, 1.54) is 25.1 Å². The summed E-state index contributed by atoms with van der Waals surface area (Å²) in [6, 6.07) is 5.61. The molecule has 0 saturated carbocycles. The van der Waals surface area contributed by atoms with Crippen molar-refractivity contribution in [3.05, 3.63) is 68.9 Å². The molecule has 0 fully saturated rings. The molecule has 0 aliphatic rings. The average Bonchev–Trinajstić information content (AvgIpc) is 2.36. The molecule has 1 atom stereocenters. The second kappa shape index (κ2) is 5.35. The van der Waals surface area contributed by atoms with Gasteiger partial charge in [-0.3, -0.25) is 0 Å². The van der Waals surface area contributed by atoms with E-state index >= 15 is 0 Å². The van der Waals surface area contributed by atoms with E-state index in [9.17, 15) is 13.2 Å². The molecule has 2 rings (SSSR count). The van der Waals surface area contributed by atoms with E-state index in [0.717, 1.165) is 6.07 Å². The van der Waals surface area contributed by atoms with Crippen LogP contribution in [0.1, 0.15) is 22.7 Å². The molecule has 0 spiro atoms. The van der Waals surface area contributed by atoms with Gasteiger partial charge in [0.25, 0.3) is 0 Å². The van der Waals surface area contributed by atoms with Gasteiger partial charge in [-0.15, -0.1) is 0 Å². The van der Waals surface area contributed by atoms with Gasteiger partial charge in [0.15, 0.2) is 0 Å². The summed E-state index contributed by atoms with van der Waals surface area (Å²) < 4.78 is 40.6. The average molecular weight is 330 g/mol. The molecule has 2 aromatic rings. The van der Waals surface area contributed by atoms with Crippen molar-refractivity contribution in [2.24, 2.45) is 5.73 Å². The van der Waals surface area contributed by atoms with Crippen molar-refractivity contribution in [2.45, 2.75) is 13.0 Å². The largest absolute Gasteiger partial charge is 0.320 e. The number of nitrogens with two attached hydrogens (primary N) is 1. The Labute approximate surface area is 117 Å². The van der Waals surface area contributed by atoms with Crippen LogP contribution in [0.25, 0.3) is 0 Å². The van der Waals surface area contributed by atoms with Crippen LogP contribution < -0.4 is 5.73 Å². The molecule has 0 amide bonds. The van der Waals surface area contributed by atoms with Crippen molar-refractivity contribution in [2.75, 3.05) is 0 Å². The highest BCUT2D eigenvalue weighted by Crippen LogP contribution is 2.30. The van der Waals surface area contributed by atoms with Gasteiger partial charge in [0.05, 0.1) is 10.5 Å². The molecule has 0 aliphatic heterocycles. The van der Waals surface area contributed by atoms with Crippen LogP contribution in [0.4, 0.5) is 13.2 Å². The molecular weight excluding hydrogens is 319 g/mol. The number of rotatable bonds is 2. The Morgan fingerprint density at radius 3 is 2.37 bits per heavy atom. The molecular formula is C14H11BrF3N. The van der Waals surface area contributed by atoms with Crippen molar-refractivity contribution < 1.29 is 13.2 Å². The lowest BCUT2D eigenvalue weighted by Crippen LogP contribution is -2.15. The Kier molecular flexibility index (Phi) is 3.96. The predicted octanol–water partition coefficient (Wildman–Crippen LogP) is 4.22. The van der Waals surface area contributed by atoms with Crippen molar-refractivity contribution in [1.82, 2.24) is 0 Å². The molecule has 5 heteroatoms. The molecule has 0 aliphatic carbocycles. The summed E-state index contributed by atoms with van der Waals surface area (Å²) in [5.41, 5.74) is 6.77. The van der Waals surface area contributed by atoms with Crippen LogP contribution in [0.3, 0.4) is 0 Å². The number of aryl methyl sites for hydroxylation is 1. The normalized spacial score (nSPS) is 12.5. The smallest absolute Gasteiger partial charge is 0.137 e. The summed E-state index contributed by atoms with van der Waals surface area (Å²) in [6.45, 7) is 1.52. The fourth-order valence-corrected chi connectivity index (χ4v) is 2.36. The van der Waals surface area contributed by atoms with E-state index in [1.807, 2.05) is 0 Å². The lowest BCUT2D eigenvalue weighted by atomic mass is 9.97. The quantitative estimate of drug-likeness (QED) is 0.876. The number of halogens is 4. The highest BCUT2D eigenvalue weighted by atomic mass is 79.9. The number of benzene rings is 2. The monoisotopic (exact) mass is 329 g/mol. The van der Waals surface area contributed by atoms with Gasteiger partial charge >= 0.3 is 0 Å². The van der Waals surface area contributed by atoms with E-state index in [0.29, 0.717) is 11.1 Å². The first-order chi connectivity index (χ1) is 8.91. The molecule has 19 heavy (non-hydrogen) atoms. The Morgan fingerprint density at radius 1 is 1.00 bits per heavy atom. The van der Waals surface area contributed by atoms with Gasteiger partial charge < -0.3 is 5.73 Å². The molecule has 0 bridgehead atoms. The molecule has 2 aromatic carbocycles. The summed E-state index contributed by atoms with van der Waals surface area (Å²) in [5, 5.41) is 0. The molecule has 0 radical (unpaired) electrons. The van der Waals surface area contributed by atoms with Crippen molar-refractivity contribution in [3.63, 3.8) is 0 Å². The highest BCUT2D eigenvalue weighted by molar-refractivity contribution is 9.10. The molecule has 2 N–H and O–H groups in total. The van der Waals surface area contributed by atoms with Crippen LogP contribution in [0, 0.1) is 24.4 Å².